The van der Waals surface area contributed by atoms with Crippen LogP contribution in [0.25, 0.3) is 0 Å². The lowest BCUT2D eigenvalue weighted by atomic mass is 10.1. The number of amides is 1. The fourth-order valence-electron chi connectivity index (χ4n) is 1.94. The number of carbonyl (C=O) groups excluding carboxylic acids is 1. The summed E-state index contributed by atoms with van der Waals surface area (Å²) in [5.74, 6) is -0.442. The van der Waals surface area contributed by atoms with Gasteiger partial charge in [0.15, 0.2) is 0 Å². The van der Waals surface area contributed by atoms with Crippen LogP contribution < -0.4 is 16.7 Å². The molecule has 0 spiro atoms. The molecule has 1 aromatic heterocycles. The molecule has 0 saturated heterocycles. The Kier molecular flexibility index (Phi) is 5.28. The summed E-state index contributed by atoms with van der Waals surface area (Å²) < 4.78 is 0.950. The molecule has 8 heteroatoms. The van der Waals surface area contributed by atoms with Crippen LogP contribution in [0, 0.1) is 6.92 Å². The van der Waals surface area contributed by atoms with E-state index in [0.717, 1.165) is 10.0 Å². The molecule has 7 nitrogen and oxygen atoms in total. The van der Waals surface area contributed by atoms with E-state index in [1.807, 2.05) is 24.3 Å². The molecule has 23 heavy (non-hydrogen) atoms. The van der Waals surface area contributed by atoms with Crippen molar-refractivity contribution in [3.05, 3.63) is 66.4 Å². The zero-order valence-corrected chi connectivity index (χ0v) is 14.2. The van der Waals surface area contributed by atoms with E-state index in [1.165, 1.54) is 0 Å². The molecule has 0 atom stereocenters. The van der Waals surface area contributed by atoms with E-state index >= 15 is 0 Å². The third-order valence-electron chi connectivity index (χ3n) is 3.20. The van der Waals surface area contributed by atoms with E-state index in [9.17, 15) is 14.4 Å². The minimum absolute atomic E-state index is 0.172. The van der Waals surface area contributed by atoms with Gasteiger partial charge < -0.3 is 4.98 Å². The molecule has 1 aromatic carbocycles. The van der Waals surface area contributed by atoms with Gasteiger partial charge in [0, 0.05) is 15.7 Å². The number of nitrogens with zero attached hydrogens (tertiary/aromatic N) is 1. The van der Waals surface area contributed by atoms with Crippen molar-refractivity contribution in [3.63, 3.8) is 0 Å². The fraction of sp³-hybridized carbons (Fsp3) is 0.200. The molecule has 0 aliphatic heterocycles. The topological polar surface area (TPSA) is 107 Å². The van der Waals surface area contributed by atoms with Gasteiger partial charge in [-0.15, -0.1) is 0 Å². The molecule has 2 aromatic rings. The summed E-state index contributed by atoms with van der Waals surface area (Å²) in [4.78, 5) is 39.3. The van der Waals surface area contributed by atoms with Crippen molar-refractivity contribution in [2.75, 3.05) is 0 Å². The lowest BCUT2D eigenvalue weighted by Crippen LogP contribution is -2.31. The van der Waals surface area contributed by atoms with Crippen molar-refractivity contribution in [1.82, 2.24) is 15.4 Å². The van der Waals surface area contributed by atoms with Crippen LogP contribution in [0.2, 0.25) is 0 Å². The third kappa shape index (κ3) is 4.49. The first-order valence-corrected chi connectivity index (χ1v) is 7.57. The van der Waals surface area contributed by atoms with Crippen LogP contribution >= 0.6 is 15.9 Å². The van der Waals surface area contributed by atoms with Gasteiger partial charge >= 0.3 is 5.69 Å². The maximum atomic E-state index is 11.9. The van der Waals surface area contributed by atoms with Crippen LogP contribution in [0.15, 0.2) is 43.4 Å². The second kappa shape index (κ2) is 7.19. The van der Waals surface area contributed by atoms with Crippen molar-refractivity contribution in [1.29, 1.82) is 0 Å². The molecule has 1 amide bonds. The molecular formula is C15H15BrN4O3. The molecule has 0 aliphatic carbocycles. The maximum absolute atomic E-state index is 11.9. The average molecular weight is 379 g/mol. The lowest BCUT2D eigenvalue weighted by Gasteiger charge is -2.05. The summed E-state index contributed by atoms with van der Waals surface area (Å²) in [5.41, 5.74) is 3.31. The number of hydrogen-bond acceptors (Lipinski definition) is 4. The number of nitrogens with one attached hydrogen (secondary N) is 3. The Labute approximate surface area is 140 Å². The normalized spacial score (nSPS) is 11.3. The van der Waals surface area contributed by atoms with E-state index in [-0.39, 0.29) is 12.0 Å². The molecular weight excluding hydrogens is 364 g/mol. The summed E-state index contributed by atoms with van der Waals surface area (Å²) in [6, 6.07) is 7.48. The van der Waals surface area contributed by atoms with Crippen molar-refractivity contribution in [3.8, 4) is 0 Å². The molecule has 1 heterocycles. The van der Waals surface area contributed by atoms with E-state index in [2.05, 4.69) is 36.4 Å². The predicted molar refractivity (Wildman–Crippen MR) is 90.6 cm³/mol. The van der Waals surface area contributed by atoms with E-state index in [0.29, 0.717) is 11.4 Å². The number of halogens is 1. The monoisotopic (exact) mass is 378 g/mol. The Morgan fingerprint density at radius 1 is 1.22 bits per heavy atom. The number of hydrogen-bond donors (Lipinski definition) is 3. The van der Waals surface area contributed by atoms with Gasteiger partial charge in [0.05, 0.1) is 12.1 Å². The third-order valence-corrected chi connectivity index (χ3v) is 3.73. The van der Waals surface area contributed by atoms with Crippen LogP contribution in [-0.4, -0.2) is 21.6 Å². The van der Waals surface area contributed by atoms with Crippen molar-refractivity contribution >= 4 is 27.5 Å². The summed E-state index contributed by atoms with van der Waals surface area (Å²) in [6.07, 6.45) is -0.172. The van der Waals surface area contributed by atoms with Gasteiger partial charge in [-0.3, -0.25) is 14.6 Å². The number of hydrazone groups is 1. The van der Waals surface area contributed by atoms with Gasteiger partial charge in [-0.1, -0.05) is 28.1 Å². The van der Waals surface area contributed by atoms with Gasteiger partial charge in [0.25, 0.3) is 5.56 Å². The zero-order valence-electron chi connectivity index (χ0n) is 12.6. The van der Waals surface area contributed by atoms with Crippen LogP contribution in [-0.2, 0) is 11.2 Å². The minimum atomic E-state index is -0.597. The quantitative estimate of drug-likeness (QED) is 0.549. The molecule has 120 valence electrons. The van der Waals surface area contributed by atoms with Crippen molar-refractivity contribution < 1.29 is 4.79 Å². The van der Waals surface area contributed by atoms with Crippen LogP contribution in [0.1, 0.15) is 23.7 Å². The van der Waals surface area contributed by atoms with Gasteiger partial charge in [0.2, 0.25) is 5.91 Å². The smallest absolute Gasteiger partial charge is 0.311 e. The fourth-order valence-corrected chi connectivity index (χ4v) is 2.20. The summed E-state index contributed by atoms with van der Waals surface area (Å²) in [7, 11) is 0. The Bertz CT molecular complexity index is 866. The molecule has 2 rings (SSSR count). The number of rotatable bonds is 4. The Morgan fingerprint density at radius 2 is 1.87 bits per heavy atom. The van der Waals surface area contributed by atoms with Crippen LogP contribution in [0.3, 0.4) is 0 Å². The standard InChI is InChI=1S/C15H15BrN4O3/c1-8(10-3-5-11(16)6-4-10)19-20-13(21)7-12-9(2)17-15(23)18-14(12)22/h3-6H,7H2,1-2H3,(H,20,21)(H2,17,18,22,23)/b19-8+. The minimum Gasteiger partial charge on any atom is -0.311 e. The van der Waals surface area contributed by atoms with Gasteiger partial charge in [-0.05, 0) is 31.5 Å². The first-order chi connectivity index (χ1) is 10.9. The van der Waals surface area contributed by atoms with E-state index in [4.69, 9.17) is 0 Å². The largest absolute Gasteiger partial charge is 0.325 e. The Hall–Kier alpha value is -2.48. The number of aromatic nitrogens is 2. The Balaban J connectivity index is 2.08. The predicted octanol–water partition coefficient (Wildman–Crippen LogP) is 1.22. The molecule has 0 saturated carbocycles. The number of carbonyl (C=O) groups is 1. The second-order valence-corrected chi connectivity index (χ2v) is 5.84. The van der Waals surface area contributed by atoms with Crippen LogP contribution in [0.4, 0.5) is 0 Å². The maximum Gasteiger partial charge on any atom is 0.325 e. The first-order valence-electron chi connectivity index (χ1n) is 6.78. The van der Waals surface area contributed by atoms with E-state index < -0.39 is 17.2 Å². The van der Waals surface area contributed by atoms with E-state index in [1.54, 1.807) is 13.8 Å². The highest BCUT2D eigenvalue weighted by Gasteiger charge is 2.11. The second-order valence-electron chi connectivity index (χ2n) is 4.93. The number of H-pyrrole nitrogens is 2. The van der Waals surface area contributed by atoms with Crippen molar-refractivity contribution in [2.45, 2.75) is 20.3 Å². The molecule has 0 bridgehead atoms. The number of benzene rings is 1. The summed E-state index contributed by atoms with van der Waals surface area (Å²) in [5, 5.41) is 4.01. The van der Waals surface area contributed by atoms with Gasteiger partial charge in [0.1, 0.15) is 0 Å². The highest BCUT2D eigenvalue weighted by molar-refractivity contribution is 9.10. The molecule has 3 N–H and O–H groups in total. The number of aryl methyl sites for hydroxylation is 1. The van der Waals surface area contributed by atoms with Gasteiger partial charge in [-0.25, -0.2) is 10.2 Å². The zero-order chi connectivity index (χ0) is 17.0. The molecule has 0 aliphatic rings. The molecule has 0 radical (unpaired) electrons. The molecule has 0 unspecified atom stereocenters. The molecule has 0 fully saturated rings. The first kappa shape index (κ1) is 16.9. The highest BCUT2D eigenvalue weighted by atomic mass is 79.9. The SMILES string of the molecule is C/C(=N\NC(=O)Cc1c(C)[nH]c(=O)[nH]c1=O)c1ccc(Br)cc1. The van der Waals surface area contributed by atoms with Crippen LogP contribution in [0.5, 0.6) is 0 Å². The Morgan fingerprint density at radius 3 is 2.48 bits per heavy atom. The van der Waals surface area contributed by atoms with Gasteiger partial charge in [-0.2, -0.15) is 5.10 Å². The average Bonchev–Trinajstić information content (AvgIpc) is 2.49. The summed E-state index contributed by atoms with van der Waals surface area (Å²) >= 11 is 3.35. The highest BCUT2D eigenvalue weighted by Crippen LogP contribution is 2.11. The van der Waals surface area contributed by atoms with Crippen molar-refractivity contribution in [2.24, 2.45) is 5.10 Å². The lowest BCUT2D eigenvalue weighted by molar-refractivity contribution is -0.120. The number of aromatic amines is 2. The summed E-state index contributed by atoms with van der Waals surface area (Å²) in [6.45, 7) is 3.33.